The number of hydrazine groups is 1. The summed E-state index contributed by atoms with van der Waals surface area (Å²) < 4.78 is 10.6. The summed E-state index contributed by atoms with van der Waals surface area (Å²) in [5, 5.41) is 0. The molecule has 0 aromatic heterocycles. The molecule has 0 saturated heterocycles. The van der Waals surface area contributed by atoms with E-state index in [1.165, 1.54) is 0 Å². The number of benzene rings is 1. The fourth-order valence-corrected chi connectivity index (χ4v) is 1.09. The maximum Gasteiger partial charge on any atom is 0.161 e. The summed E-state index contributed by atoms with van der Waals surface area (Å²) >= 11 is 0. The van der Waals surface area contributed by atoms with Crippen molar-refractivity contribution >= 4 is 0 Å². The van der Waals surface area contributed by atoms with Gasteiger partial charge in [-0.1, -0.05) is 12.1 Å². The molecule has 0 aliphatic rings. The second kappa shape index (κ2) is 6.23. The van der Waals surface area contributed by atoms with Crippen molar-refractivity contribution in [2.24, 2.45) is 5.84 Å². The Labute approximate surface area is 84.0 Å². The van der Waals surface area contributed by atoms with Crippen molar-refractivity contribution in [2.45, 2.75) is 6.42 Å². The van der Waals surface area contributed by atoms with Gasteiger partial charge in [0.15, 0.2) is 11.5 Å². The molecule has 0 fully saturated rings. The highest BCUT2D eigenvalue weighted by molar-refractivity contribution is 5.39. The third-order valence-electron chi connectivity index (χ3n) is 1.79. The number of para-hydroxylation sites is 2. The standard InChI is InChI=1S/C10H16N2O2/c1-13-9-5-2-3-6-10(9)14-8-4-7-12-11/h2-3,5-6,12H,4,7-8,11H2,1H3. The quantitative estimate of drug-likeness (QED) is 0.403. The molecular weight excluding hydrogens is 180 g/mol. The smallest absolute Gasteiger partial charge is 0.161 e. The normalized spacial score (nSPS) is 9.86. The molecule has 1 aromatic carbocycles. The molecule has 4 nitrogen and oxygen atoms in total. The summed E-state index contributed by atoms with van der Waals surface area (Å²) in [6, 6.07) is 7.58. The van der Waals surface area contributed by atoms with E-state index in [4.69, 9.17) is 15.3 Å². The van der Waals surface area contributed by atoms with Gasteiger partial charge in [-0.05, 0) is 18.6 Å². The Balaban J connectivity index is 2.41. The monoisotopic (exact) mass is 196 g/mol. The summed E-state index contributed by atoms with van der Waals surface area (Å²) in [7, 11) is 1.63. The number of methoxy groups -OCH3 is 1. The van der Waals surface area contributed by atoms with Crippen LogP contribution in [0.15, 0.2) is 24.3 Å². The van der Waals surface area contributed by atoms with E-state index in [0.717, 1.165) is 24.5 Å². The predicted octanol–water partition coefficient (Wildman–Crippen LogP) is 0.927. The van der Waals surface area contributed by atoms with E-state index >= 15 is 0 Å². The van der Waals surface area contributed by atoms with Gasteiger partial charge < -0.3 is 9.47 Å². The Morgan fingerprint density at radius 1 is 1.29 bits per heavy atom. The highest BCUT2D eigenvalue weighted by Crippen LogP contribution is 2.25. The molecule has 0 atom stereocenters. The first-order valence-electron chi connectivity index (χ1n) is 4.57. The molecule has 14 heavy (non-hydrogen) atoms. The average Bonchev–Trinajstić information content (AvgIpc) is 2.25. The van der Waals surface area contributed by atoms with Crippen LogP contribution in [0.2, 0.25) is 0 Å². The Hall–Kier alpha value is -1.26. The molecule has 0 aliphatic carbocycles. The molecule has 0 saturated carbocycles. The van der Waals surface area contributed by atoms with Gasteiger partial charge in [0.2, 0.25) is 0 Å². The van der Waals surface area contributed by atoms with E-state index in [-0.39, 0.29) is 0 Å². The van der Waals surface area contributed by atoms with E-state index in [1.54, 1.807) is 7.11 Å². The summed E-state index contributed by atoms with van der Waals surface area (Å²) in [5.74, 6) is 6.66. The number of ether oxygens (including phenoxy) is 2. The Morgan fingerprint density at radius 3 is 2.64 bits per heavy atom. The van der Waals surface area contributed by atoms with E-state index in [0.29, 0.717) is 6.61 Å². The summed E-state index contributed by atoms with van der Waals surface area (Å²) in [6.07, 6.45) is 0.870. The second-order valence-electron chi connectivity index (χ2n) is 2.81. The second-order valence-corrected chi connectivity index (χ2v) is 2.81. The number of hydrogen-bond donors (Lipinski definition) is 2. The minimum Gasteiger partial charge on any atom is -0.493 e. The Morgan fingerprint density at radius 2 is 2.00 bits per heavy atom. The van der Waals surface area contributed by atoms with Gasteiger partial charge in [0.1, 0.15) is 0 Å². The van der Waals surface area contributed by atoms with Gasteiger partial charge in [-0.25, -0.2) is 0 Å². The zero-order chi connectivity index (χ0) is 10.2. The first-order valence-corrected chi connectivity index (χ1v) is 4.57. The first kappa shape index (κ1) is 10.8. The molecule has 1 aromatic rings. The maximum absolute atomic E-state index is 5.51. The molecular formula is C10H16N2O2. The van der Waals surface area contributed by atoms with E-state index < -0.39 is 0 Å². The lowest BCUT2D eigenvalue weighted by Crippen LogP contribution is -2.24. The van der Waals surface area contributed by atoms with Crippen LogP contribution in [0.1, 0.15) is 6.42 Å². The Bertz CT molecular complexity index is 266. The average molecular weight is 196 g/mol. The van der Waals surface area contributed by atoms with E-state index in [1.807, 2.05) is 24.3 Å². The van der Waals surface area contributed by atoms with Crippen LogP contribution in [0.25, 0.3) is 0 Å². The minimum absolute atomic E-state index is 0.630. The van der Waals surface area contributed by atoms with Crippen molar-refractivity contribution in [2.75, 3.05) is 20.3 Å². The van der Waals surface area contributed by atoms with Gasteiger partial charge in [-0.3, -0.25) is 11.3 Å². The zero-order valence-electron chi connectivity index (χ0n) is 8.32. The Kier molecular flexibility index (Phi) is 4.82. The van der Waals surface area contributed by atoms with Crippen LogP contribution in [-0.4, -0.2) is 20.3 Å². The van der Waals surface area contributed by atoms with Gasteiger partial charge in [-0.15, -0.1) is 0 Å². The number of nitrogens with two attached hydrogens (primary N) is 1. The third kappa shape index (κ3) is 3.24. The molecule has 0 bridgehead atoms. The van der Waals surface area contributed by atoms with Crippen LogP contribution in [0.4, 0.5) is 0 Å². The summed E-state index contributed by atoms with van der Waals surface area (Å²) in [4.78, 5) is 0. The summed E-state index contributed by atoms with van der Waals surface area (Å²) in [6.45, 7) is 1.37. The van der Waals surface area contributed by atoms with Gasteiger partial charge in [0.25, 0.3) is 0 Å². The fraction of sp³-hybridized carbons (Fsp3) is 0.400. The number of nitrogens with one attached hydrogen (secondary N) is 1. The largest absolute Gasteiger partial charge is 0.493 e. The van der Waals surface area contributed by atoms with Gasteiger partial charge in [0, 0.05) is 6.54 Å². The lowest BCUT2D eigenvalue weighted by atomic mass is 10.3. The van der Waals surface area contributed by atoms with Crippen LogP contribution >= 0.6 is 0 Å². The molecule has 0 spiro atoms. The highest BCUT2D eigenvalue weighted by atomic mass is 16.5. The molecule has 0 unspecified atom stereocenters. The summed E-state index contributed by atoms with van der Waals surface area (Å²) in [5.41, 5.74) is 2.57. The van der Waals surface area contributed by atoms with Gasteiger partial charge in [-0.2, -0.15) is 0 Å². The molecule has 0 aliphatic heterocycles. The number of rotatable bonds is 6. The number of hydrogen-bond acceptors (Lipinski definition) is 4. The molecule has 78 valence electrons. The van der Waals surface area contributed by atoms with Crippen molar-refractivity contribution in [3.8, 4) is 11.5 Å². The van der Waals surface area contributed by atoms with Gasteiger partial charge in [0.05, 0.1) is 13.7 Å². The van der Waals surface area contributed by atoms with Gasteiger partial charge >= 0.3 is 0 Å². The SMILES string of the molecule is COc1ccccc1OCCCNN. The van der Waals surface area contributed by atoms with Crippen LogP contribution in [0.3, 0.4) is 0 Å². The third-order valence-corrected chi connectivity index (χ3v) is 1.79. The molecule has 1 rings (SSSR count). The highest BCUT2D eigenvalue weighted by Gasteiger charge is 2.00. The van der Waals surface area contributed by atoms with Crippen molar-refractivity contribution in [3.05, 3.63) is 24.3 Å². The van der Waals surface area contributed by atoms with Crippen LogP contribution in [0, 0.1) is 0 Å². The van der Waals surface area contributed by atoms with Crippen molar-refractivity contribution in [1.82, 2.24) is 5.43 Å². The molecule has 0 heterocycles. The fourth-order valence-electron chi connectivity index (χ4n) is 1.09. The predicted molar refractivity (Wildman–Crippen MR) is 55.3 cm³/mol. The lowest BCUT2D eigenvalue weighted by Gasteiger charge is -2.09. The zero-order valence-corrected chi connectivity index (χ0v) is 8.32. The van der Waals surface area contributed by atoms with Crippen LogP contribution in [0.5, 0.6) is 11.5 Å². The minimum atomic E-state index is 0.630. The van der Waals surface area contributed by atoms with E-state index in [9.17, 15) is 0 Å². The molecule has 0 amide bonds. The van der Waals surface area contributed by atoms with E-state index in [2.05, 4.69) is 5.43 Å². The molecule has 0 radical (unpaired) electrons. The van der Waals surface area contributed by atoms with Crippen molar-refractivity contribution in [3.63, 3.8) is 0 Å². The molecule has 3 N–H and O–H groups in total. The lowest BCUT2D eigenvalue weighted by molar-refractivity contribution is 0.288. The van der Waals surface area contributed by atoms with Crippen LogP contribution in [-0.2, 0) is 0 Å². The topological polar surface area (TPSA) is 56.5 Å². The molecule has 4 heteroatoms. The maximum atomic E-state index is 5.51. The van der Waals surface area contributed by atoms with Crippen LogP contribution < -0.4 is 20.7 Å². The first-order chi connectivity index (χ1) is 6.88. The van der Waals surface area contributed by atoms with Crippen molar-refractivity contribution in [1.29, 1.82) is 0 Å². The van der Waals surface area contributed by atoms with Crippen molar-refractivity contribution < 1.29 is 9.47 Å².